The topological polar surface area (TPSA) is 68.0 Å². The number of aromatic nitrogens is 1. The molecule has 2 rings (SSSR count). The standard InChI is InChI=1S/C9H11N3O/c10-8(13)6-3-5-12-9-7(6)2-1-4-11-9/h1-2,4,6H,3,5H2,(H2,10,13)(H,11,12). The van der Waals surface area contributed by atoms with Crippen LogP contribution in [0.25, 0.3) is 0 Å². The number of carbonyl (C=O) groups excluding carboxylic acids is 1. The van der Waals surface area contributed by atoms with E-state index >= 15 is 0 Å². The van der Waals surface area contributed by atoms with Crippen LogP contribution in [0.1, 0.15) is 17.9 Å². The molecule has 1 aromatic rings. The Hall–Kier alpha value is -1.58. The Morgan fingerprint density at radius 1 is 1.69 bits per heavy atom. The van der Waals surface area contributed by atoms with Crippen molar-refractivity contribution in [1.29, 1.82) is 0 Å². The third-order valence-corrected chi connectivity index (χ3v) is 2.28. The van der Waals surface area contributed by atoms with Crippen LogP contribution in [-0.4, -0.2) is 17.4 Å². The van der Waals surface area contributed by atoms with Gasteiger partial charge in [-0.3, -0.25) is 4.79 Å². The van der Waals surface area contributed by atoms with Gasteiger partial charge in [-0.25, -0.2) is 4.98 Å². The summed E-state index contributed by atoms with van der Waals surface area (Å²) in [6, 6.07) is 3.71. The first-order chi connectivity index (χ1) is 6.29. The predicted octanol–water partition coefficient (Wildman–Crippen LogP) is 0.466. The molecule has 4 nitrogen and oxygen atoms in total. The maximum atomic E-state index is 11.1. The van der Waals surface area contributed by atoms with Crippen molar-refractivity contribution in [2.45, 2.75) is 12.3 Å². The summed E-state index contributed by atoms with van der Waals surface area (Å²) in [7, 11) is 0. The second-order valence-electron chi connectivity index (χ2n) is 3.11. The zero-order chi connectivity index (χ0) is 9.26. The lowest BCUT2D eigenvalue weighted by atomic mass is 9.93. The zero-order valence-corrected chi connectivity index (χ0v) is 7.16. The third kappa shape index (κ3) is 1.35. The van der Waals surface area contributed by atoms with Crippen LogP contribution in [-0.2, 0) is 4.79 Å². The van der Waals surface area contributed by atoms with E-state index in [0.29, 0.717) is 0 Å². The minimum atomic E-state index is -0.268. The zero-order valence-electron chi connectivity index (χ0n) is 7.16. The minimum Gasteiger partial charge on any atom is -0.370 e. The Balaban J connectivity index is 2.42. The summed E-state index contributed by atoms with van der Waals surface area (Å²) >= 11 is 0. The largest absolute Gasteiger partial charge is 0.370 e. The van der Waals surface area contributed by atoms with E-state index in [-0.39, 0.29) is 11.8 Å². The quantitative estimate of drug-likeness (QED) is 0.655. The first-order valence-electron chi connectivity index (χ1n) is 4.27. The third-order valence-electron chi connectivity index (χ3n) is 2.28. The number of fused-ring (bicyclic) bond motifs is 1. The molecule has 1 aromatic heterocycles. The van der Waals surface area contributed by atoms with Gasteiger partial charge in [-0.2, -0.15) is 0 Å². The lowest BCUT2D eigenvalue weighted by Crippen LogP contribution is -2.28. The molecule has 0 aromatic carbocycles. The first kappa shape index (κ1) is 8.04. The van der Waals surface area contributed by atoms with Gasteiger partial charge in [0, 0.05) is 18.3 Å². The number of amides is 1. The van der Waals surface area contributed by atoms with Gasteiger partial charge in [-0.1, -0.05) is 6.07 Å². The predicted molar refractivity (Wildman–Crippen MR) is 49.3 cm³/mol. The van der Waals surface area contributed by atoms with Crippen molar-refractivity contribution in [3.8, 4) is 0 Å². The number of carbonyl (C=O) groups is 1. The highest BCUT2D eigenvalue weighted by Gasteiger charge is 2.24. The van der Waals surface area contributed by atoms with E-state index in [9.17, 15) is 4.79 Å². The molecule has 1 aliphatic heterocycles. The first-order valence-corrected chi connectivity index (χ1v) is 4.27. The number of primary amides is 1. The van der Waals surface area contributed by atoms with E-state index in [1.54, 1.807) is 6.20 Å². The van der Waals surface area contributed by atoms with Crippen LogP contribution in [0.4, 0.5) is 5.82 Å². The fourth-order valence-electron chi connectivity index (χ4n) is 1.63. The lowest BCUT2D eigenvalue weighted by Gasteiger charge is -2.22. The summed E-state index contributed by atoms with van der Waals surface area (Å²) in [5, 5.41) is 3.13. The molecule has 68 valence electrons. The maximum absolute atomic E-state index is 11.1. The second kappa shape index (κ2) is 3.05. The number of pyridine rings is 1. The van der Waals surface area contributed by atoms with Gasteiger partial charge in [0.2, 0.25) is 5.91 Å². The molecule has 0 radical (unpaired) electrons. The normalized spacial score (nSPS) is 20.2. The Morgan fingerprint density at radius 2 is 2.54 bits per heavy atom. The van der Waals surface area contributed by atoms with Gasteiger partial charge < -0.3 is 11.1 Å². The van der Waals surface area contributed by atoms with Crippen LogP contribution in [0.3, 0.4) is 0 Å². The van der Waals surface area contributed by atoms with Crippen molar-refractivity contribution in [1.82, 2.24) is 4.98 Å². The summed E-state index contributed by atoms with van der Waals surface area (Å²) in [5.41, 5.74) is 6.21. The molecule has 1 atom stereocenters. The van der Waals surface area contributed by atoms with Crippen LogP contribution >= 0.6 is 0 Å². The molecule has 0 saturated heterocycles. The summed E-state index contributed by atoms with van der Waals surface area (Å²) in [5.74, 6) is 0.346. The highest BCUT2D eigenvalue weighted by Crippen LogP contribution is 2.28. The molecule has 0 bridgehead atoms. The van der Waals surface area contributed by atoms with Crippen molar-refractivity contribution in [3.05, 3.63) is 23.9 Å². The average Bonchev–Trinajstić information content (AvgIpc) is 2.17. The van der Waals surface area contributed by atoms with Crippen LogP contribution in [0.15, 0.2) is 18.3 Å². The van der Waals surface area contributed by atoms with Gasteiger partial charge >= 0.3 is 0 Å². The van der Waals surface area contributed by atoms with Gasteiger partial charge in [-0.15, -0.1) is 0 Å². The Bertz CT molecular complexity index is 337. The van der Waals surface area contributed by atoms with E-state index in [4.69, 9.17) is 5.73 Å². The summed E-state index contributed by atoms with van der Waals surface area (Å²) in [6.45, 7) is 0.762. The molecule has 1 unspecified atom stereocenters. The van der Waals surface area contributed by atoms with Crippen molar-refractivity contribution >= 4 is 11.7 Å². The fourth-order valence-corrected chi connectivity index (χ4v) is 1.63. The van der Waals surface area contributed by atoms with E-state index < -0.39 is 0 Å². The van der Waals surface area contributed by atoms with Crippen LogP contribution in [0, 0.1) is 0 Å². The Labute approximate surface area is 76.2 Å². The molecule has 4 heteroatoms. The van der Waals surface area contributed by atoms with Crippen LogP contribution < -0.4 is 11.1 Å². The van der Waals surface area contributed by atoms with Gasteiger partial charge in [0.25, 0.3) is 0 Å². The van der Waals surface area contributed by atoms with Crippen LogP contribution in [0.5, 0.6) is 0 Å². The summed E-state index contributed by atoms with van der Waals surface area (Å²) in [4.78, 5) is 15.2. The number of rotatable bonds is 1. The highest BCUT2D eigenvalue weighted by atomic mass is 16.1. The average molecular weight is 177 g/mol. The van der Waals surface area contributed by atoms with E-state index in [2.05, 4.69) is 10.3 Å². The molecule has 0 spiro atoms. The van der Waals surface area contributed by atoms with E-state index in [0.717, 1.165) is 24.3 Å². The number of nitrogens with two attached hydrogens (primary N) is 1. The molecule has 13 heavy (non-hydrogen) atoms. The number of hydrogen-bond acceptors (Lipinski definition) is 3. The van der Waals surface area contributed by atoms with Crippen molar-refractivity contribution in [3.63, 3.8) is 0 Å². The SMILES string of the molecule is NC(=O)C1CCNc2ncccc21. The molecule has 0 saturated carbocycles. The number of anilines is 1. The monoisotopic (exact) mass is 177 g/mol. The molecule has 0 fully saturated rings. The van der Waals surface area contributed by atoms with Gasteiger partial charge in [0.1, 0.15) is 5.82 Å². The maximum Gasteiger partial charge on any atom is 0.225 e. The van der Waals surface area contributed by atoms with Crippen LogP contribution in [0.2, 0.25) is 0 Å². The van der Waals surface area contributed by atoms with Gasteiger partial charge in [0.15, 0.2) is 0 Å². The molecule has 1 aliphatic rings. The van der Waals surface area contributed by atoms with Crippen molar-refractivity contribution < 1.29 is 4.79 Å². The molecular formula is C9H11N3O. The number of nitrogens with one attached hydrogen (secondary N) is 1. The number of nitrogens with zero attached hydrogens (tertiary/aromatic N) is 1. The molecule has 0 aliphatic carbocycles. The summed E-state index contributed by atoms with van der Waals surface area (Å²) in [6.07, 6.45) is 2.46. The second-order valence-corrected chi connectivity index (χ2v) is 3.11. The molecular weight excluding hydrogens is 166 g/mol. The van der Waals surface area contributed by atoms with E-state index in [1.165, 1.54) is 0 Å². The highest BCUT2D eigenvalue weighted by molar-refractivity contribution is 5.84. The van der Waals surface area contributed by atoms with Crippen molar-refractivity contribution in [2.75, 3.05) is 11.9 Å². The minimum absolute atomic E-state index is 0.176. The molecule has 2 heterocycles. The Kier molecular flexibility index (Phi) is 1.88. The van der Waals surface area contributed by atoms with E-state index in [1.807, 2.05) is 12.1 Å². The van der Waals surface area contributed by atoms with Gasteiger partial charge in [0.05, 0.1) is 5.92 Å². The molecule has 1 amide bonds. The summed E-state index contributed by atoms with van der Waals surface area (Å²) < 4.78 is 0. The van der Waals surface area contributed by atoms with Crippen molar-refractivity contribution in [2.24, 2.45) is 5.73 Å². The molecule has 3 N–H and O–H groups in total. The van der Waals surface area contributed by atoms with Gasteiger partial charge in [-0.05, 0) is 12.5 Å². The number of hydrogen-bond donors (Lipinski definition) is 2. The lowest BCUT2D eigenvalue weighted by molar-refractivity contribution is -0.119. The Morgan fingerprint density at radius 3 is 3.31 bits per heavy atom. The fraction of sp³-hybridized carbons (Fsp3) is 0.333. The smallest absolute Gasteiger partial charge is 0.225 e.